The van der Waals surface area contributed by atoms with E-state index in [1.54, 1.807) is 0 Å². The fraction of sp³-hybridized carbons (Fsp3) is 0. The zero-order valence-corrected chi connectivity index (χ0v) is 7.73. The SMILES string of the molecule is C=O.O=S(=O)(O)c1cc(O)ccc1O. The molecule has 0 saturated carbocycles. The highest BCUT2D eigenvalue weighted by atomic mass is 32.2. The van der Waals surface area contributed by atoms with E-state index >= 15 is 0 Å². The van der Waals surface area contributed by atoms with E-state index in [1.807, 2.05) is 6.79 Å². The summed E-state index contributed by atoms with van der Waals surface area (Å²) in [6.07, 6.45) is 0. The van der Waals surface area contributed by atoms with Crippen LogP contribution in [-0.4, -0.2) is 30.0 Å². The van der Waals surface area contributed by atoms with Crippen LogP contribution in [0.5, 0.6) is 11.5 Å². The Morgan fingerprint density at radius 2 is 1.64 bits per heavy atom. The van der Waals surface area contributed by atoms with Gasteiger partial charge in [-0.1, -0.05) is 0 Å². The molecule has 1 aromatic rings. The third-order valence-corrected chi connectivity index (χ3v) is 2.10. The molecule has 14 heavy (non-hydrogen) atoms. The Bertz CT molecular complexity index is 410. The van der Waals surface area contributed by atoms with Crippen molar-refractivity contribution in [2.24, 2.45) is 0 Å². The second kappa shape index (κ2) is 4.58. The number of rotatable bonds is 1. The van der Waals surface area contributed by atoms with Crippen LogP contribution in [0.1, 0.15) is 0 Å². The molecular weight excluding hydrogens is 212 g/mol. The lowest BCUT2D eigenvalue weighted by molar-refractivity contribution is -0.0979. The minimum Gasteiger partial charge on any atom is -0.508 e. The highest BCUT2D eigenvalue weighted by molar-refractivity contribution is 7.86. The van der Waals surface area contributed by atoms with Crippen LogP contribution in [0.3, 0.4) is 0 Å². The molecule has 0 saturated heterocycles. The first kappa shape index (κ1) is 12.4. The van der Waals surface area contributed by atoms with Gasteiger partial charge in [0.1, 0.15) is 23.2 Å². The Balaban J connectivity index is 0.000000791. The predicted molar refractivity (Wildman–Crippen MR) is 46.7 cm³/mol. The molecule has 0 spiro atoms. The van der Waals surface area contributed by atoms with Gasteiger partial charge in [0, 0.05) is 6.07 Å². The fourth-order valence-electron chi connectivity index (χ4n) is 0.709. The van der Waals surface area contributed by atoms with Crippen LogP contribution in [-0.2, 0) is 14.9 Å². The van der Waals surface area contributed by atoms with Crippen LogP contribution < -0.4 is 0 Å². The number of benzene rings is 1. The molecule has 0 unspecified atom stereocenters. The Morgan fingerprint density at radius 3 is 2.00 bits per heavy atom. The number of phenolic OH excluding ortho intramolecular Hbond substituents is 2. The lowest BCUT2D eigenvalue weighted by atomic mass is 10.3. The number of hydrogen-bond donors (Lipinski definition) is 3. The van der Waals surface area contributed by atoms with Gasteiger partial charge >= 0.3 is 0 Å². The van der Waals surface area contributed by atoms with E-state index in [9.17, 15) is 8.42 Å². The Labute approximate surface area is 80.2 Å². The summed E-state index contributed by atoms with van der Waals surface area (Å²) < 4.78 is 29.5. The van der Waals surface area contributed by atoms with Gasteiger partial charge in [-0.3, -0.25) is 4.55 Å². The maximum atomic E-state index is 10.5. The molecule has 0 heterocycles. The highest BCUT2D eigenvalue weighted by Crippen LogP contribution is 2.25. The molecule has 0 bridgehead atoms. The molecule has 78 valence electrons. The average molecular weight is 220 g/mol. The van der Waals surface area contributed by atoms with Crippen molar-refractivity contribution in [3.8, 4) is 11.5 Å². The average Bonchev–Trinajstić information content (AvgIpc) is 2.11. The largest absolute Gasteiger partial charge is 0.508 e. The molecule has 0 fully saturated rings. The van der Waals surface area contributed by atoms with Crippen molar-refractivity contribution in [1.29, 1.82) is 0 Å². The quantitative estimate of drug-likeness (QED) is 0.459. The summed E-state index contributed by atoms with van der Waals surface area (Å²) in [6, 6.07) is 2.83. The van der Waals surface area contributed by atoms with Crippen molar-refractivity contribution >= 4 is 16.9 Å². The molecule has 0 atom stereocenters. The maximum absolute atomic E-state index is 10.5. The van der Waals surface area contributed by atoms with E-state index in [0.717, 1.165) is 18.2 Å². The second-order valence-electron chi connectivity index (χ2n) is 2.13. The van der Waals surface area contributed by atoms with Gasteiger partial charge < -0.3 is 15.0 Å². The van der Waals surface area contributed by atoms with Crippen LogP contribution in [0.15, 0.2) is 23.1 Å². The van der Waals surface area contributed by atoms with Crippen LogP contribution >= 0.6 is 0 Å². The molecule has 0 radical (unpaired) electrons. The third-order valence-electron chi connectivity index (χ3n) is 1.22. The van der Waals surface area contributed by atoms with Gasteiger partial charge in [-0.2, -0.15) is 8.42 Å². The van der Waals surface area contributed by atoms with E-state index in [4.69, 9.17) is 19.6 Å². The summed E-state index contributed by atoms with van der Waals surface area (Å²) in [5.74, 6) is -0.948. The lowest BCUT2D eigenvalue weighted by Gasteiger charge is -2.00. The summed E-state index contributed by atoms with van der Waals surface area (Å²) in [5.41, 5.74) is 0. The van der Waals surface area contributed by atoms with E-state index < -0.39 is 20.8 Å². The fourth-order valence-corrected chi connectivity index (χ4v) is 1.31. The third kappa shape index (κ3) is 3.04. The first-order valence-electron chi connectivity index (χ1n) is 3.19. The predicted octanol–water partition coefficient (Wildman–Crippen LogP) is 0.160. The molecule has 0 amide bonds. The lowest BCUT2D eigenvalue weighted by Crippen LogP contribution is -1.97. The van der Waals surface area contributed by atoms with Gasteiger partial charge in [0.2, 0.25) is 0 Å². The van der Waals surface area contributed by atoms with Gasteiger partial charge in [-0.05, 0) is 12.1 Å². The van der Waals surface area contributed by atoms with E-state index in [2.05, 4.69) is 0 Å². The molecule has 1 aromatic carbocycles. The molecule has 0 aliphatic heterocycles. The minimum absolute atomic E-state index is 0.347. The maximum Gasteiger partial charge on any atom is 0.298 e. The number of hydrogen-bond acceptors (Lipinski definition) is 5. The van der Waals surface area contributed by atoms with Crippen LogP contribution in [0.4, 0.5) is 0 Å². The van der Waals surface area contributed by atoms with E-state index in [1.165, 1.54) is 0 Å². The topological polar surface area (TPSA) is 112 Å². The zero-order chi connectivity index (χ0) is 11.4. The Hall–Kier alpha value is -1.60. The number of carbonyl (C=O) groups is 1. The number of phenols is 2. The summed E-state index contributed by atoms with van der Waals surface area (Å²) in [6.45, 7) is 2.00. The molecule has 0 aliphatic carbocycles. The monoisotopic (exact) mass is 220 g/mol. The van der Waals surface area contributed by atoms with Gasteiger partial charge in [-0.25, -0.2) is 0 Å². The molecule has 3 N–H and O–H groups in total. The summed E-state index contributed by atoms with van der Waals surface area (Å²) in [5, 5.41) is 17.7. The molecule has 1 rings (SSSR count). The Kier molecular flexibility index (Phi) is 4.06. The molecule has 0 aliphatic rings. The first-order chi connectivity index (χ1) is 6.41. The van der Waals surface area contributed by atoms with Crippen molar-refractivity contribution in [2.75, 3.05) is 0 Å². The number of aromatic hydroxyl groups is 2. The second-order valence-corrected chi connectivity index (χ2v) is 3.52. The van der Waals surface area contributed by atoms with Gasteiger partial charge in [-0.15, -0.1) is 0 Å². The van der Waals surface area contributed by atoms with Crippen molar-refractivity contribution in [3.63, 3.8) is 0 Å². The Morgan fingerprint density at radius 1 is 1.14 bits per heavy atom. The normalized spacial score (nSPS) is 10.1. The van der Waals surface area contributed by atoms with E-state index in [-0.39, 0.29) is 5.75 Å². The summed E-state index contributed by atoms with van der Waals surface area (Å²) in [7, 11) is -4.47. The summed E-state index contributed by atoms with van der Waals surface area (Å²) >= 11 is 0. The van der Waals surface area contributed by atoms with Crippen LogP contribution in [0, 0.1) is 0 Å². The van der Waals surface area contributed by atoms with Crippen molar-refractivity contribution in [3.05, 3.63) is 18.2 Å². The van der Waals surface area contributed by atoms with Crippen molar-refractivity contribution < 1.29 is 28.0 Å². The standard InChI is InChI=1S/C6H6O5S.CH2O/c7-4-1-2-5(8)6(3-4)12(9,10)11;1-2/h1-3,7-8H,(H,9,10,11);1H2. The van der Waals surface area contributed by atoms with Crippen LogP contribution in [0.2, 0.25) is 0 Å². The van der Waals surface area contributed by atoms with Crippen molar-refractivity contribution in [1.82, 2.24) is 0 Å². The van der Waals surface area contributed by atoms with Gasteiger partial charge in [0.05, 0.1) is 0 Å². The molecular formula is C7H8O6S. The minimum atomic E-state index is -4.47. The van der Waals surface area contributed by atoms with E-state index in [0.29, 0.717) is 0 Å². The molecule has 6 nitrogen and oxygen atoms in total. The molecule has 7 heteroatoms. The van der Waals surface area contributed by atoms with Crippen molar-refractivity contribution in [2.45, 2.75) is 4.90 Å². The van der Waals surface area contributed by atoms with Gasteiger partial charge in [0.25, 0.3) is 10.1 Å². The number of carbonyl (C=O) groups excluding carboxylic acids is 1. The first-order valence-corrected chi connectivity index (χ1v) is 4.63. The summed E-state index contributed by atoms with van der Waals surface area (Å²) in [4.78, 5) is 7.29. The zero-order valence-electron chi connectivity index (χ0n) is 6.91. The highest BCUT2D eigenvalue weighted by Gasteiger charge is 2.15. The molecule has 0 aromatic heterocycles. The van der Waals surface area contributed by atoms with Gasteiger partial charge in [0.15, 0.2) is 0 Å². The smallest absolute Gasteiger partial charge is 0.298 e. The van der Waals surface area contributed by atoms with Crippen LogP contribution in [0.25, 0.3) is 0 Å².